The molecule has 130 valence electrons. The maximum atomic E-state index is 12.5. The van der Waals surface area contributed by atoms with Crippen molar-refractivity contribution in [2.45, 2.75) is 6.18 Å². The molecule has 3 rings (SSSR count). The third-order valence-corrected chi connectivity index (χ3v) is 3.36. The Labute approximate surface area is 139 Å². The van der Waals surface area contributed by atoms with E-state index in [9.17, 15) is 18.0 Å². The van der Waals surface area contributed by atoms with Gasteiger partial charge in [0.15, 0.2) is 0 Å². The number of carbonyl (C=O) groups excluding carboxylic acids is 1. The van der Waals surface area contributed by atoms with Gasteiger partial charge >= 0.3 is 12.1 Å². The van der Waals surface area contributed by atoms with Crippen molar-refractivity contribution >= 4 is 34.4 Å². The number of hydrogen-bond donors (Lipinski definition) is 4. The van der Waals surface area contributed by atoms with Crippen molar-refractivity contribution in [3.63, 3.8) is 0 Å². The summed E-state index contributed by atoms with van der Waals surface area (Å²) in [5, 5.41) is 5.75. The topological polar surface area (TPSA) is 110 Å². The molecule has 3 aromatic rings. The van der Waals surface area contributed by atoms with Crippen LogP contribution in [0.2, 0.25) is 0 Å². The minimum Gasteiger partial charge on any atom is -0.366 e. The number of nitrogens with two attached hydrogens (primary N) is 1. The molecular formula is C15H14F3N6O+. The Kier molecular flexibility index (Phi) is 4.17. The molecule has 0 spiro atoms. The maximum absolute atomic E-state index is 12.5. The van der Waals surface area contributed by atoms with Crippen LogP contribution in [0.3, 0.4) is 0 Å². The highest BCUT2D eigenvalue weighted by Crippen LogP contribution is 2.22. The molecule has 0 fully saturated rings. The molecule has 1 aromatic carbocycles. The summed E-state index contributed by atoms with van der Waals surface area (Å²) in [7, 11) is 0. The van der Waals surface area contributed by atoms with Crippen LogP contribution in [0.4, 0.5) is 30.6 Å². The predicted octanol–water partition coefficient (Wildman–Crippen LogP) is 2.19. The molecule has 0 aliphatic carbocycles. The Morgan fingerprint density at radius 1 is 1.24 bits per heavy atom. The molecule has 0 radical (unpaired) electrons. The van der Waals surface area contributed by atoms with Crippen LogP contribution in [0.15, 0.2) is 36.5 Å². The predicted molar refractivity (Wildman–Crippen MR) is 85.4 cm³/mol. The molecular weight excluding hydrogens is 337 g/mol. The van der Waals surface area contributed by atoms with E-state index in [1.54, 1.807) is 24.4 Å². The molecule has 0 aliphatic heterocycles. The van der Waals surface area contributed by atoms with Crippen LogP contribution in [-0.4, -0.2) is 28.6 Å². The largest absolute Gasteiger partial charge is 0.415 e. The molecule has 10 heteroatoms. The van der Waals surface area contributed by atoms with Gasteiger partial charge in [0.25, 0.3) is 0 Å². The van der Waals surface area contributed by atoms with Crippen molar-refractivity contribution in [2.24, 2.45) is 5.73 Å². The number of benzene rings is 1. The van der Waals surface area contributed by atoms with Gasteiger partial charge in [-0.1, -0.05) is 4.98 Å². The molecule has 0 aliphatic rings. The van der Waals surface area contributed by atoms with Gasteiger partial charge in [-0.15, -0.1) is 0 Å². The Balaban J connectivity index is 1.87. The Morgan fingerprint density at radius 3 is 2.60 bits per heavy atom. The smallest absolute Gasteiger partial charge is 0.366 e. The van der Waals surface area contributed by atoms with Crippen LogP contribution < -0.4 is 21.4 Å². The van der Waals surface area contributed by atoms with Crippen LogP contribution in [0, 0.1) is 0 Å². The summed E-state index contributed by atoms with van der Waals surface area (Å²) in [5.74, 6) is -0.144. The van der Waals surface area contributed by atoms with E-state index >= 15 is 0 Å². The number of fused-ring (bicyclic) bond motifs is 1. The van der Waals surface area contributed by atoms with Crippen LogP contribution in [0.1, 0.15) is 10.4 Å². The first-order valence-electron chi connectivity index (χ1n) is 7.20. The third kappa shape index (κ3) is 3.97. The molecule has 6 N–H and O–H groups in total. The highest BCUT2D eigenvalue weighted by atomic mass is 19.4. The van der Waals surface area contributed by atoms with E-state index in [2.05, 4.69) is 25.6 Å². The van der Waals surface area contributed by atoms with Gasteiger partial charge in [-0.05, 0) is 30.3 Å². The molecule has 0 bridgehead atoms. The number of nitrogens with zero attached hydrogens (tertiary/aromatic N) is 1. The zero-order valence-corrected chi connectivity index (χ0v) is 12.7. The van der Waals surface area contributed by atoms with Gasteiger partial charge in [0, 0.05) is 11.8 Å². The number of alkyl halides is 3. The van der Waals surface area contributed by atoms with Crippen molar-refractivity contribution < 1.29 is 22.9 Å². The van der Waals surface area contributed by atoms with Crippen LogP contribution >= 0.6 is 0 Å². The number of rotatable bonds is 5. The van der Waals surface area contributed by atoms with Gasteiger partial charge in [0.2, 0.25) is 17.4 Å². The van der Waals surface area contributed by atoms with E-state index in [0.717, 1.165) is 0 Å². The lowest BCUT2D eigenvalue weighted by atomic mass is 10.2. The number of aromatic amines is 2. The second-order valence-corrected chi connectivity index (χ2v) is 5.24. The summed E-state index contributed by atoms with van der Waals surface area (Å²) in [6.45, 7) is -1.18. The molecule has 1 amide bonds. The first kappa shape index (κ1) is 16.6. The minimum atomic E-state index is -4.35. The lowest BCUT2D eigenvalue weighted by Crippen LogP contribution is -2.26. The molecule has 7 nitrogen and oxygen atoms in total. The Morgan fingerprint density at radius 2 is 1.96 bits per heavy atom. The highest BCUT2D eigenvalue weighted by molar-refractivity contribution is 5.93. The number of carbonyl (C=O) groups is 1. The number of H-pyrrole nitrogens is 2. The summed E-state index contributed by atoms with van der Waals surface area (Å²) in [6, 6.07) is 7.89. The van der Waals surface area contributed by atoms with Crippen LogP contribution in [0.5, 0.6) is 0 Å². The molecule has 2 aromatic heterocycles. The SMILES string of the molecule is NC(=O)c1ccc(Nc2nc3[nH]ccc3c(NCC(F)(F)F)[nH+]2)cc1. The number of amides is 1. The summed E-state index contributed by atoms with van der Waals surface area (Å²) in [4.78, 5) is 21.0. The summed E-state index contributed by atoms with van der Waals surface area (Å²) in [6.07, 6.45) is -2.77. The first-order valence-corrected chi connectivity index (χ1v) is 7.20. The number of halogens is 3. The summed E-state index contributed by atoms with van der Waals surface area (Å²) in [5.41, 5.74) is 6.52. The van der Waals surface area contributed by atoms with Gasteiger partial charge in [-0.3, -0.25) is 10.1 Å². The molecule has 0 atom stereocenters. The number of anilines is 3. The van der Waals surface area contributed by atoms with Gasteiger partial charge in [0.1, 0.15) is 6.54 Å². The van der Waals surface area contributed by atoms with Gasteiger partial charge in [0.05, 0.1) is 11.1 Å². The van der Waals surface area contributed by atoms with E-state index in [4.69, 9.17) is 5.73 Å². The van der Waals surface area contributed by atoms with Crippen molar-refractivity contribution in [3.8, 4) is 0 Å². The quantitative estimate of drug-likeness (QED) is 0.565. The van der Waals surface area contributed by atoms with Crippen molar-refractivity contribution in [1.82, 2.24) is 9.97 Å². The number of aromatic nitrogens is 3. The number of primary amides is 1. The average molecular weight is 351 g/mol. The van der Waals surface area contributed by atoms with E-state index < -0.39 is 18.6 Å². The zero-order chi connectivity index (χ0) is 18.0. The Hall–Kier alpha value is -3.30. The fraction of sp³-hybridized carbons (Fsp3) is 0.133. The van der Waals surface area contributed by atoms with Crippen molar-refractivity contribution in [1.29, 1.82) is 0 Å². The average Bonchev–Trinajstić information content (AvgIpc) is 3.01. The van der Waals surface area contributed by atoms with Gasteiger partial charge in [-0.2, -0.15) is 13.2 Å². The van der Waals surface area contributed by atoms with E-state index in [1.165, 1.54) is 12.1 Å². The molecule has 0 unspecified atom stereocenters. The monoisotopic (exact) mass is 351 g/mol. The molecule has 2 heterocycles. The summed E-state index contributed by atoms with van der Waals surface area (Å²) >= 11 is 0. The third-order valence-electron chi connectivity index (χ3n) is 3.36. The fourth-order valence-corrected chi connectivity index (χ4v) is 2.22. The fourth-order valence-electron chi connectivity index (χ4n) is 2.22. The first-order chi connectivity index (χ1) is 11.8. The Bertz CT molecular complexity index is 904. The lowest BCUT2D eigenvalue weighted by Gasteiger charge is -2.08. The zero-order valence-electron chi connectivity index (χ0n) is 12.7. The number of hydrogen-bond acceptors (Lipinski definition) is 4. The summed E-state index contributed by atoms with van der Waals surface area (Å²) < 4.78 is 37.4. The minimum absolute atomic E-state index is 0.180. The molecule has 0 saturated heterocycles. The normalized spacial score (nSPS) is 11.5. The van der Waals surface area contributed by atoms with E-state index in [1.807, 2.05) is 0 Å². The van der Waals surface area contributed by atoms with Crippen LogP contribution in [0.25, 0.3) is 11.0 Å². The lowest BCUT2D eigenvalue weighted by molar-refractivity contribution is -0.346. The van der Waals surface area contributed by atoms with E-state index in [0.29, 0.717) is 22.3 Å². The van der Waals surface area contributed by atoms with Crippen molar-refractivity contribution in [3.05, 3.63) is 42.1 Å². The maximum Gasteiger partial charge on any atom is 0.415 e. The molecule has 0 saturated carbocycles. The standard InChI is InChI=1S/C15H13F3N6O/c16-15(17,18)7-21-13-10-5-6-20-12(10)23-14(24-13)22-9-3-1-8(2-4-9)11(19)25/h1-6H,7H2,(H2,19,25)(H3,20,21,22,23,24)/p+1. The molecule has 25 heavy (non-hydrogen) atoms. The van der Waals surface area contributed by atoms with Crippen LogP contribution in [-0.2, 0) is 0 Å². The highest BCUT2D eigenvalue weighted by Gasteiger charge is 2.29. The number of nitrogens with one attached hydrogen (secondary N) is 4. The van der Waals surface area contributed by atoms with Crippen molar-refractivity contribution in [2.75, 3.05) is 17.2 Å². The van der Waals surface area contributed by atoms with Gasteiger partial charge in [-0.25, -0.2) is 4.98 Å². The van der Waals surface area contributed by atoms with Gasteiger partial charge < -0.3 is 16.0 Å². The van der Waals surface area contributed by atoms with E-state index in [-0.39, 0.29) is 11.8 Å². The second-order valence-electron chi connectivity index (χ2n) is 5.24. The second kappa shape index (κ2) is 6.30.